The Labute approximate surface area is 167 Å². The summed E-state index contributed by atoms with van der Waals surface area (Å²) in [6.07, 6.45) is 0. The minimum absolute atomic E-state index is 0.138. The molecule has 0 aliphatic rings. The van der Waals surface area contributed by atoms with Gasteiger partial charge in [0.1, 0.15) is 16.6 Å². The molecule has 1 aromatic heterocycles. The highest BCUT2D eigenvalue weighted by atomic mass is 35.5. The zero-order chi connectivity index (χ0) is 19.6. The Morgan fingerprint density at radius 2 is 1.81 bits per heavy atom. The maximum Gasteiger partial charge on any atom is 0.202 e. The van der Waals surface area contributed by atoms with Crippen molar-refractivity contribution in [2.24, 2.45) is 0 Å². The number of nitrogens with zero attached hydrogens (tertiary/aromatic N) is 1. The first-order chi connectivity index (χ1) is 12.9. The summed E-state index contributed by atoms with van der Waals surface area (Å²) in [6, 6.07) is 13.2. The Kier molecular flexibility index (Phi) is 5.88. The summed E-state index contributed by atoms with van der Waals surface area (Å²) in [5.74, 6) is -0.0467. The second-order valence-corrected chi connectivity index (χ2v) is 7.05. The fourth-order valence-corrected chi connectivity index (χ4v) is 3.26. The summed E-state index contributed by atoms with van der Waals surface area (Å²) < 4.78 is 20.7. The number of Topliss-reactive ketones (excluding diaryl/α,β-unsaturated/α-hetero) is 1. The molecule has 0 aliphatic carbocycles. The van der Waals surface area contributed by atoms with Gasteiger partial charge in [-0.25, -0.2) is 4.39 Å². The van der Waals surface area contributed by atoms with E-state index in [2.05, 4.69) is 0 Å². The number of halogens is 3. The molecule has 0 atom stereocenters. The molecule has 140 valence electrons. The third-order valence-electron chi connectivity index (χ3n) is 4.40. The Hall–Kier alpha value is -2.30. The Balaban J connectivity index is 1.75. The van der Waals surface area contributed by atoms with Crippen LogP contribution in [0.4, 0.5) is 4.39 Å². The van der Waals surface area contributed by atoms with Crippen molar-refractivity contribution in [2.45, 2.75) is 20.4 Å². The Bertz CT molecular complexity index is 981. The molecule has 0 saturated carbocycles. The van der Waals surface area contributed by atoms with Crippen LogP contribution in [0.2, 0.25) is 10.0 Å². The zero-order valence-electron chi connectivity index (χ0n) is 14.9. The van der Waals surface area contributed by atoms with Crippen molar-refractivity contribution in [3.63, 3.8) is 0 Å². The van der Waals surface area contributed by atoms with Gasteiger partial charge in [-0.1, -0.05) is 41.4 Å². The highest BCUT2D eigenvalue weighted by Gasteiger charge is 2.17. The molecule has 27 heavy (non-hydrogen) atoms. The Morgan fingerprint density at radius 3 is 2.52 bits per heavy atom. The second kappa shape index (κ2) is 8.15. The molecule has 2 aromatic carbocycles. The van der Waals surface area contributed by atoms with E-state index in [1.165, 1.54) is 12.1 Å². The molecule has 0 spiro atoms. The summed E-state index contributed by atoms with van der Waals surface area (Å²) in [6.45, 7) is 4.24. The van der Waals surface area contributed by atoms with Gasteiger partial charge in [0, 0.05) is 23.5 Å². The monoisotopic (exact) mass is 405 g/mol. The van der Waals surface area contributed by atoms with Crippen LogP contribution in [0.5, 0.6) is 5.75 Å². The van der Waals surface area contributed by atoms with Gasteiger partial charge in [-0.2, -0.15) is 0 Å². The van der Waals surface area contributed by atoms with Gasteiger partial charge < -0.3 is 9.30 Å². The van der Waals surface area contributed by atoms with Crippen molar-refractivity contribution in [3.8, 4) is 5.75 Å². The summed E-state index contributed by atoms with van der Waals surface area (Å²) in [7, 11) is 0. The average molecular weight is 406 g/mol. The van der Waals surface area contributed by atoms with Crippen molar-refractivity contribution in [2.75, 3.05) is 6.61 Å². The second-order valence-electron chi connectivity index (χ2n) is 6.26. The van der Waals surface area contributed by atoms with E-state index in [4.69, 9.17) is 27.9 Å². The lowest BCUT2D eigenvalue weighted by Gasteiger charge is -2.11. The predicted molar refractivity (Wildman–Crippen MR) is 106 cm³/mol. The van der Waals surface area contributed by atoms with E-state index in [-0.39, 0.29) is 23.2 Å². The first-order valence-corrected chi connectivity index (χ1v) is 9.13. The lowest BCUT2D eigenvalue weighted by molar-refractivity contribution is 0.0921. The number of hydrogen-bond acceptors (Lipinski definition) is 2. The van der Waals surface area contributed by atoms with Crippen molar-refractivity contribution < 1.29 is 13.9 Å². The molecule has 0 N–H and O–H groups in total. The molecule has 0 radical (unpaired) electrons. The van der Waals surface area contributed by atoms with Crippen LogP contribution in [-0.2, 0) is 6.54 Å². The number of carbonyl (C=O) groups excluding carboxylic acids is 1. The highest BCUT2D eigenvalue weighted by molar-refractivity contribution is 6.42. The van der Waals surface area contributed by atoms with E-state index in [1.807, 2.05) is 24.5 Å². The minimum atomic E-state index is -0.271. The van der Waals surface area contributed by atoms with Gasteiger partial charge >= 0.3 is 0 Å². The molecule has 1 heterocycles. The van der Waals surface area contributed by atoms with Crippen LogP contribution in [0.1, 0.15) is 27.3 Å². The van der Waals surface area contributed by atoms with Gasteiger partial charge in [-0.15, -0.1) is 0 Å². The topological polar surface area (TPSA) is 31.2 Å². The first-order valence-electron chi connectivity index (χ1n) is 8.38. The number of carbonyl (C=O) groups is 1. The van der Waals surface area contributed by atoms with Crippen molar-refractivity contribution >= 4 is 29.0 Å². The number of aromatic nitrogens is 1. The van der Waals surface area contributed by atoms with Crippen LogP contribution in [-0.4, -0.2) is 17.0 Å². The van der Waals surface area contributed by atoms with Crippen LogP contribution in [0.15, 0.2) is 48.5 Å². The average Bonchev–Trinajstić information content (AvgIpc) is 2.93. The van der Waals surface area contributed by atoms with Gasteiger partial charge in [0.25, 0.3) is 0 Å². The largest absolute Gasteiger partial charge is 0.484 e. The first kappa shape index (κ1) is 19.5. The standard InChI is InChI=1S/C21H18Cl2FNO2/c1-13-10-17(14(2)25(13)11-15-6-8-16(24)9-7-15)19(26)12-27-20-5-3-4-18(22)21(20)23/h3-10H,11-12H2,1-2H3. The minimum Gasteiger partial charge on any atom is -0.484 e. The van der Waals surface area contributed by atoms with Gasteiger partial charge in [0.05, 0.1) is 5.02 Å². The SMILES string of the molecule is Cc1cc(C(=O)COc2cccc(Cl)c2Cl)c(C)n1Cc1ccc(F)cc1. The summed E-state index contributed by atoms with van der Waals surface area (Å²) in [4.78, 5) is 12.6. The molecule has 3 nitrogen and oxygen atoms in total. The molecule has 0 saturated heterocycles. The molecule has 3 aromatic rings. The number of hydrogen-bond donors (Lipinski definition) is 0. The summed E-state index contributed by atoms with van der Waals surface area (Å²) in [5.41, 5.74) is 3.33. The third-order valence-corrected chi connectivity index (χ3v) is 5.20. The van der Waals surface area contributed by atoms with E-state index in [0.29, 0.717) is 22.9 Å². The van der Waals surface area contributed by atoms with Crippen molar-refractivity contribution in [3.05, 3.63) is 86.9 Å². The molecular formula is C21H18Cl2FNO2. The molecule has 6 heteroatoms. The third kappa shape index (κ3) is 4.34. The molecule has 0 bridgehead atoms. The van der Waals surface area contributed by atoms with Crippen molar-refractivity contribution in [1.29, 1.82) is 0 Å². The molecule has 0 aliphatic heterocycles. The molecule has 0 amide bonds. The maximum absolute atomic E-state index is 13.1. The lowest BCUT2D eigenvalue weighted by atomic mass is 10.1. The van der Waals surface area contributed by atoms with Crippen LogP contribution in [0, 0.1) is 19.7 Å². The van der Waals surface area contributed by atoms with E-state index in [0.717, 1.165) is 17.0 Å². The molecule has 0 fully saturated rings. The van der Waals surface area contributed by atoms with Crippen LogP contribution < -0.4 is 4.74 Å². The van der Waals surface area contributed by atoms with E-state index in [1.54, 1.807) is 30.3 Å². The maximum atomic E-state index is 13.1. The fourth-order valence-electron chi connectivity index (χ4n) is 2.92. The Morgan fingerprint density at radius 1 is 1.11 bits per heavy atom. The van der Waals surface area contributed by atoms with E-state index in [9.17, 15) is 9.18 Å². The van der Waals surface area contributed by atoms with Gasteiger partial charge in [-0.3, -0.25) is 4.79 Å². The molecule has 0 unspecified atom stereocenters. The molecular weight excluding hydrogens is 388 g/mol. The number of benzene rings is 2. The number of aryl methyl sites for hydroxylation is 1. The summed E-state index contributed by atoms with van der Waals surface area (Å²) in [5, 5.41) is 0.660. The quantitative estimate of drug-likeness (QED) is 0.480. The number of ketones is 1. The highest BCUT2D eigenvalue weighted by Crippen LogP contribution is 2.31. The van der Waals surface area contributed by atoms with Crippen LogP contribution in [0.3, 0.4) is 0 Å². The number of ether oxygens (including phenoxy) is 1. The zero-order valence-corrected chi connectivity index (χ0v) is 16.4. The number of rotatable bonds is 6. The van der Waals surface area contributed by atoms with Crippen molar-refractivity contribution in [1.82, 2.24) is 4.57 Å². The van der Waals surface area contributed by atoms with Gasteiger partial charge in [-0.05, 0) is 49.7 Å². The van der Waals surface area contributed by atoms with Crippen LogP contribution in [0.25, 0.3) is 0 Å². The lowest BCUT2D eigenvalue weighted by Crippen LogP contribution is -2.13. The van der Waals surface area contributed by atoms with E-state index < -0.39 is 0 Å². The van der Waals surface area contributed by atoms with Gasteiger partial charge in [0.15, 0.2) is 6.61 Å². The van der Waals surface area contributed by atoms with E-state index >= 15 is 0 Å². The smallest absolute Gasteiger partial charge is 0.202 e. The predicted octanol–water partition coefficient (Wildman–Crippen LogP) is 5.86. The fraction of sp³-hybridized carbons (Fsp3) is 0.190. The van der Waals surface area contributed by atoms with Gasteiger partial charge in [0.2, 0.25) is 5.78 Å². The van der Waals surface area contributed by atoms with Crippen LogP contribution >= 0.6 is 23.2 Å². The summed E-state index contributed by atoms with van der Waals surface area (Å²) >= 11 is 12.0. The normalized spacial score (nSPS) is 10.9. The molecule has 3 rings (SSSR count).